The zero-order chi connectivity index (χ0) is 16.1. The molecule has 5 aliphatic rings. The largest absolute Gasteiger partial charge is 0.370 e. The quantitative estimate of drug-likeness (QED) is 0.827. The number of ether oxygens (including phenoxy) is 1. The molecule has 1 aromatic carbocycles. The molecule has 0 aromatic heterocycles. The number of benzene rings is 1. The molecule has 1 amide bonds. The minimum absolute atomic E-state index is 0.0205. The molecule has 128 valence electrons. The van der Waals surface area contributed by atoms with E-state index in [0.29, 0.717) is 12.5 Å². The van der Waals surface area contributed by atoms with Gasteiger partial charge in [0.1, 0.15) is 6.10 Å². The Labute approximate surface area is 144 Å². The standard InChI is InChI=1S/C21H27NO2/c23-20(21-11-15-8-16(12-21)10-17(9-15)13-21)22-6-7-24-19(14-22)18-4-2-1-3-5-18/h1-5,15-17,19H,6-14H2. The summed E-state index contributed by atoms with van der Waals surface area (Å²) in [5.74, 6) is 2.93. The highest BCUT2D eigenvalue weighted by atomic mass is 16.5. The molecule has 1 atom stereocenters. The van der Waals surface area contributed by atoms with Crippen molar-refractivity contribution in [3.05, 3.63) is 35.9 Å². The van der Waals surface area contributed by atoms with Gasteiger partial charge in [-0.1, -0.05) is 30.3 Å². The average Bonchev–Trinajstić information content (AvgIpc) is 2.61. The third-order valence-electron chi connectivity index (χ3n) is 7.02. The fraction of sp³-hybridized carbons (Fsp3) is 0.667. The van der Waals surface area contributed by atoms with Crippen LogP contribution in [0, 0.1) is 23.2 Å². The molecule has 0 N–H and O–H groups in total. The summed E-state index contributed by atoms with van der Waals surface area (Å²) < 4.78 is 5.97. The number of carbonyl (C=O) groups excluding carboxylic acids is 1. The van der Waals surface area contributed by atoms with Crippen LogP contribution in [0.1, 0.15) is 50.2 Å². The van der Waals surface area contributed by atoms with E-state index in [0.717, 1.165) is 50.1 Å². The third kappa shape index (κ3) is 2.40. The predicted molar refractivity (Wildman–Crippen MR) is 92.3 cm³/mol. The molecule has 0 spiro atoms. The number of nitrogens with zero attached hydrogens (tertiary/aromatic N) is 1. The lowest BCUT2D eigenvalue weighted by Gasteiger charge is -2.57. The molecule has 5 fully saturated rings. The maximum atomic E-state index is 13.5. The highest BCUT2D eigenvalue weighted by molar-refractivity contribution is 5.83. The van der Waals surface area contributed by atoms with Crippen molar-refractivity contribution < 1.29 is 9.53 Å². The van der Waals surface area contributed by atoms with Crippen LogP contribution in [0.3, 0.4) is 0 Å². The lowest BCUT2D eigenvalue weighted by Crippen LogP contribution is -2.56. The summed E-state index contributed by atoms with van der Waals surface area (Å²) in [6, 6.07) is 10.4. The second-order valence-corrected chi connectivity index (χ2v) is 8.72. The topological polar surface area (TPSA) is 29.5 Å². The molecule has 4 saturated carbocycles. The number of carbonyl (C=O) groups is 1. The summed E-state index contributed by atoms with van der Waals surface area (Å²) in [6.45, 7) is 2.16. The van der Waals surface area contributed by atoms with Crippen molar-refractivity contribution in [1.82, 2.24) is 4.90 Å². The minimum atomic E-state index is -0.0205. The van der Waals surface area contributed by atoms with E-state index in [1.54, 1.807) is 0 Å². The van der Waals surface area contributed by atoms with Gasteiger partial charge in [-0.05, 0) is 61.8 Å². The summed E-state index contributed by atoms with van der Waals surface area (Å²) in [5.41, 5.74) is 1.17. The van der Waals surface area contributed by atoms with E-state index in [2.05, 4.69) is 29.2 Å². The third-order valence-corrected chi connectivity index (χ3v) is 7.02. The molecule has 24 heavy (non-hydrogen) atoms. The normalized spacial score (nSPS) is 40.8. The second kappa shape index (κ2) is 5.59. The Kier molecular flexibility index (Phi) is 3.48. The maximum Gasteiger partial charge on any atom is 0.228 e. The van der Waals surface area contributed by atoms with E-state index >= 15 is 0 Å². The minimum Gasteiger partial charge on any atom is -0.370 e. The van der Waals surface area contributed by atoms with Crippen molar-refractivity contribution in [1.29, 1.82) is 0 Å². The Morgan fingerprint density at radius 2 is 1.62 bits per heavy atom. The highest BCUT2D eigenvalue weighted by Gasteiger charge is 2.55. The van der Waals surface area contributed by atoms with Crippen LogP contribution in [0.2, 0.25) is 0 Å². The molecule has 0 radical (unpaired) electrons. The van der Waals surface area contributed by atoms with Gasteiger partial charge >= 0.3 is 0 Å². The van der Waals surface area contributed by atoms with Gasteiger partial charge in [0.2, 0.25) is 5.91 Å². The zero-order valence-corrected chi connectivity index (χ0v) is 14.3. The molecular weight excluding hydrogens is 298 g/mol. The Morgan fingerprint density at radius 1 is 1.00 bits per heavy atom. The summed E-state index contributed by atoms with van der Waals surface area (Å²) in [6.07, 6.45) is 7.69. The number of rotatable bonds is 2. The van der Waals surface area contributed by atoms with E-state index in [1.807, 2.05) is 6.07 Å². The average molecular weight is 325 g/mol. The first-order chi connectivity index (χ1) is 11.7. The highest BCUT2D eigenvalue weighted by Crippen LogP contribution is 2.60. The van der Waals surface area contributed by atoms with Gasteiger partial charge in [-0.25, -0.2) is 0 Å². The van der Waals surface area contributed by atoms with Gasteiger partial charge in [0, 0.05) is 6.54 Å². The molecule has 3 heteroatoms. The first kappa shape index (κ1) is 14.9. The Bertz CT molecular complexity index is 591. The number of morpholine rings is 1. The molecule has 4 bridgehead atoms. The van der Waals surface area contributed by atoms with Gasteiger partial charge in [-0.3, -0.25) is 4.79 Å². The van der Waals surface area contributed by atoms with Crippen molar-refractivity contribution in [3.63, 3.8) is 0 Å². The smallest absolute Gasteiger partial charge is 0.228 e. The molecular formula is C21H27NO2. The van der Waals surface area contributed by atoms with Crippen molar-refractivity contribution in [2.45, 2.75) is 44.6 Å². The van der Waals surface area contributed by atoms with Crippen LogP contribution >= 0.6 is 0 Å². The molecule has 1 aliphatic heterocycles. The van der Waals surface area contributed by atoms with Crippen molar-refractivity contribution in [3.8, 4) is 0 Å². The molecule has 3 nitrogen and oxygen atoms in total. The Balaban J connectivity index is 1.35. The lowest BCUT2D eigenvalue weighted by atomic mass is 9.49. The summed E-state index contributed by atoms with van der Waals surface area (Å²) in [5, 5.41) is 0. The van der Waals surface area contributed by atoms with Crippen LogP contribution in [0.15, 0.2) is 30.3 Å². The fourth-order valence-corrected chi connectivity index (χ4v) is 6.41. The van der Waals surface area contributed by atoms with Crippen molar-refractivity contribution in [2.24, 2.45) is 23.2 Å². The predicted octanol–water partition coefficient (Wildman–Crippen LogP) is 3.80. The first-order valence-electron chi connectivity index (χ1n) is 9.68. The van der Waals surface area contributed by atoms with Crippen LogP contribution in [-0.2, 0) is 9.53 Å². The molecule has 6 rings (SSSR count). The SMILES string of the molecule is O=C(N1CCOC(c2ccccc2)C1)C12CC3CC(CC(C3)C1)C2. The van der Waals surface area contributed by atoms with Gasteiger partial charge in [-0.2, -0.15) is 0 Å². The van der Waals surface area contributed by atoms with Gasteiger partial charge in [0.05, 0.1) is 18.6 Å². The van der Waals surface area contributed by atoms with Crippen LogP contribution in [0.4, 0.5) is 0 Å². The summed E-state index contributed by atoms with van der Waals surface area (Å²) in [4.78, 5) is 15.6. The zero-order valence-electron chi connectivity index (χ0n) is 14.3. The van der Waals surface area contributed by atoms with Crippen LogP contribution in [-0.4, -0.2) is 30.5 Å². The second-order valence-electron chi connectivity index (χ2n) is 8.72. The van der Waals surface area contributed by atoms with Crippen LogP contribution < -0.4 is 0 Å². The van der Waals surface area contributed by atoms with Crippen LogP contribution in [0.25, 0.3) is 0 Å². The van der Waals surface area contributed by atoms with E-state index in [9.17, 15) is 4.79 Å². The van der Waals surface area contributed by atoms with E-state index in [4.69, 9.17) is 4.74 Å². The monoisotopic (exact) mass is 325 g/mol. The van der Waals surface area contributed by atoms with Gasteiger partial charge < -0.3 is 9.64 Å². The molecule has 1 saturated heterocycles. The molecule has 1 unspecified atom stereocenters. The van der Waals surface area contributed by atoms with Gasteiger partial charge in [-0.15, -0.1) is 0 Å². The molecule has 4 aliphatic carbocycles. The fourth-order valence-electron chi connectivity index (χ4n) is 6.41. The number of hydrogen-bond acceptors (Lipinski definition) is 2. The number of amides is 1. The van der Waals surface area contributed by atoms with Gasteiger partial charge in [0.15, 0.2) is 0 Å². The summed E-state index contributed by atoms with van der Waals surface area (Å²) in [7, 11) is 0. The first-order valence-corrected chi connectivity index (χ1v) is 9.68. The van der Waals surface area contributed by atoms with Gasteiger partial charge in [0.25, 0.3) is 0 Å². The van der Waals surface area contributed by atoms with Crippen molar-refractivity contribution >= 4 is 5.91 Å². The molecule has 1 aromatic rings. The summed E-state index contributed by atoms with van der Waals surface area (Å²) >= 11 is 0. The van der Waals surface area contributed by atoms with E-state index in [1.165, 1.54) is 24.8 Å². The molecule has 1 heterocycles. The van der Waals surface area contributed by atoms with Crippen LogP contribution in [0.5, 0.6) is 0 Å². The van der Waals surface area contributed by atoms with E-state index in [-0.39, 0.29) is 11.5 Å². The number of hydrogen-bond donors (Lipinski definition) is 0. The van der Waals surface area contributed by atoms with Crippen molar-refractivity contribution in [2.75, 3.05) is 19.7 Å². The Hall–Kier alpha value is -1.35. The van der Waals surface area contributed by atoms with E-state index < -0.39 is 0 Å². The Morgan fingerprint density at radius 3 is 2.25 bits per heavy atom. The lowest BCUT2D eigenvalue weighted by molar-refractivity contribution is -0.164. The maximum absolute atomic E-state index is 13.5.